The highest BCUT2D eigenvalue weighted by Crippen LogP contribution is 2.14. The number of hydrogen-bond donors (Lipinski definition) is 1. The van der Waals surface area contributed by atoms with Gasteiger partial charge in [-0.15, -0.1) is 0 Å². The van der Waals surface area contributed by atoms with Gasteiger partial charge in [0.2, 0.25) is 15.9 Å². The summed E-state index contributed by atoms with van der Waals surface area (Å²) in [6, 6.07) is 11.7. The maximum atomic E-state index is 12.9. The van der Waals surface area contributed by atoms with E-state index < -0.39 is 21.7 Å². The molecule has 0 radical (unpaired) electrons. The number of hydrogen-bond acceptors (Lipinski definition) is 3. The zero-order valence-electron chi connectivity index (χ0n) is 13.6. The Morgan fingerprint density at radius 1 is 1.12 bits per heavy atom. The summed E-state index contributed by atoms with van der Waals surface area (Å²) < 4.78 is 38.5. The van der Waals surface area contributed by atoms with Crippen molar-refractivity contribution in [3.8, 4) is 0 Å². The fraction of sp³-hybridized carbons (Fsp3) is 0.235. The van der Waals surface area contributed by atoms with Crippen LogP contribution in [0.5, 0.6) is 0 Å². The zero-order chi connectivity index (χ0) is 18.4. The highest BCUT2D eigenvalue weighted by atomic mass is 35.5. The van der Waals surface area contributed by atoms with Crippen LogP contribution in [0, 0.1) is 5.82 Å². The molecule has 134 valence electrons. The Morgan fingerprint density at radius 3 is 2.32 bits per heavy atom. The van der Waals surface area contributed by atoms with Gasteiger partial charge < -0.3 is 5.32 Å². The van der Waals surface area contributed by atoms with Gasteiger partial charge in [-0.3, -0.25) is 4.79 Å². The molecule has 0 heterocycles. The predicted molar refractivity (Wildman–Crippen MR) is 94.4 cm³/mol. The second-order valence-electron chi connectivity index (χ2n) is 5.44. The smallest absolute Gasteiger partial charge is 0.243 e. The van der Waals surface area contributed by atoms with Crippen molar-refractivity contribution in [2.45, 2.75) is 11.3 Å². The van der Waals surface area contributed by atoms with Crippen molar-refractivity contribution < 1.29 is 17.6 Å². The second-order valence-corrected chi connectivity index (χ2v) is 7.92. The number of carbonyl (C=O) groups is 1. The summed E-state index contributed by atoms with van der Waals surface area (Å²) in [7, 11) is -2.54. The Kier molecular flexibility index (Phi) is 6.52. The molecule has 0 aliphatic carbocycles. The maximum Gasteiger partial charge on any atom is 0.243 e. The minimum Gasteiger partial charge on any atom is -0.355 e. The molecule has 5 nitrogen and oxygen atoms in total. The number of halogens is 2. The molecule has 2 aromatic rings. The molecule has 0 saturated carbocycles. The van der Waals surface area contributed by atoms with Crippen LogP contribution in [0.15, 0.2) is 53.4 Å². The lowest BCUT2D eigenvalue weighted by Gasteiger charge is -2.17. The first-order chi connectivity index (χ1) is 11.8. The molecule has 0 aliphatic heterocycles. The number of carbonyl (C=O) groups excluding carboxylic acids is 1. The first-order valence-electron chi connectivity index (χ1n) is 7.52. The van der Waals surface area contributed by atoms with Crippen LogP contribution in [0.3, 0.4) is 0 Å². The van der Waals surface area contributed by atoms with Gasteiger partial charge in [-0.2, -0.15) is 4.31 Å². The standard InChI is InChI=1S/C17H18ClFN2O3S/c1-21(25(23,24)16-8-6-15(19)7-9-16)12-17(22)20-11-10-13-2-4-14(18)5-3-13/h2-9H,10-12H2,1H3,(H,20,22). The minimum atomic E-state index is -3.84. The van der Waals surface area contributed by atoms with E-state index in [9.17, 15) is 17.6 Å². The summed E-state index contributed by atoms with van der Waals surface area (Å²) in [5.41, 5.74) is 1.01. The van der Waals surface area contributed by atoms with E-state index in [0.717, 1.165) is 22.0 Å². The Bertz CT molecular complexity index is 824. The summed E-state index contributed by atoms with van der Waals surface area (Å²) in [6.45, 7) is 0.0607. The van der Waals surface area contributed by atoms with Crippen molar-refractivity contribution in [2.24, 2.45) is 0 Å². The van der Waals surface area contributed by atoms with Crippen LogP contribution >= 0.6 is 11.6 Å². The van der Waals surface area contributed by atoms with Crippen LogP contribution in [-0.4, -0.2) is 38.8 Å². The molecule has 1 N–H and O–H groups in total. The molecule has 2 aromatic carbocycles. The molecule has 0 spiro atoms. The molecular weight excluding hydrogens is 367 g/mol. The van der Waals surface area contributed by atoms with Crippen LogP contribution in [0.4, 0.5) is 4.39 Å². The topological polar surface area (TPSA) is 66.5 Å². The van der Waals surface area contributed by atoms with Gasteiger partial charge in [0, 0.05) is 18.6 Å². The lowest BCUT2D eigenvalue weighted by Crippen LogP contribution is -2.39. The summed E-state index contributed by atoms with van der Waals surface area (Å²) >= 11 is 5.80. The van der Waals surface area contributed by atoms with Gasteiger partial charge in [-0.1, -0.05) is 23.7 Å². The molecule has 0 aromatic heterocycles. The van der Waals surface area contributed by atoms with E-state index in [4.69, 9.17) is 11.6 Å². The molecule has 1 amide bonds. The summed E-state index contributed by atoms with van der Waals surface area (Å²) in [4.78, 5) is 11.9. The molecule has 0 aliphatic rings. The van der Waals surface area contributed by atoms with Gasteiger partial charge in [0.25, 0.3) is 0 Å². The van der Waals surface area contributed by atoms with E-state index in [1.165, 1.54) is 19.2 Å². The third-order valence-corrected chi connectivity index (χ3v) is 5.61. The van der Waals surface area contributed by atoms with Crippen LogP contribution in [0.2, 0.25) is 5.02 Å². The average Bonchev–Trinajstić information content (AvgIpc) is 2.57. The molecule has 0 atom stereocenters. The molecular formula is C17H18ClFN2O3S. The normalized spacial score (nSPS) is 11.5. The predicted octanol–water partition coefficient (Wildman–Crippen LogP) is 2.46. The van der Waals surface area contributed by atoms with E-state index in [2.05, 4.69) is 5.32 Å². The SMILES string of the molecule is CN(CC(=O)NCCc1ccc(Cl)cc1)S(=O)(=O)c1ccc(F)cc1. The van der Waals surface area contributed by atoms with Crippen LogP contribution in [-0.2, 0) is 21.2 Å². The molecule has 0 saturated heterocycles. The minimum absolute atomic E-state index is 0.0645. The van der Waals surface area contributed by atoms with Crippen LogP contribution in [0.1, 0.15) is 5.56 Å². The number of sulfonamides is 1. The van der Waals surface area contributed by atoms with Gasteiger partial charge in [0.1, 0.15) is 5.82 Å². The number of likely N-dealkylation sites (N-methyl/N-ethyl adjacent to an activating group) is 1. The molecule has 0 fully saturated rings. The van der Waals surface area contributed by atoms with Gasteiger partial charge in [-0.05, 0) is 48.4 Å². The first kappa shape index (κ1) is 19.4. The molecule has 25 heavy (non-hydrogen) atoms. The monoisotopic (exact) mass is 384 g/mol. The number of rotatable bonds is 7. The lowest BCUT2D eigenvalue weighted by molar-refractivity contribution is -0.121. The Balaban J connectivity index is 1.86. The summed E-state index contributed by atoms with van der Waals surface area (Å²) in [6.07, 6.45) is 0.608. The van der Waals surface area contributed by atoms with Gasteiger partial charge in [-0.25, -0.2) is 12.8 Å². The van der Waals surface area contributed by atoms with Crippen molar-refractivity contribution in [1.29, 1.82) is 0 Å². The highest BCUT2D eigenvalue weighted by molar-refractivity contribution is 7.89. The number of amides is 1. The van der Waals surface area contributed by atoms with Crippen molar-refractivity contribution >= 4 is 27.5 Å². The Morgan fingerprint density at radius 2 is 1.72 bits per heavy atom. The van der Waals surface area contributed by atoms with Gasteiger partial charge in [0.15, 0.2) is 0 Å². The largest absolute Gasteiger partial charge is 0.355 e. The van der Waals surface area contributed by atoms with E-state index >= 15 is 0 Å². The molecule has 0 unspecified atom stereocenters. The van der Waals surface area contributed by atoms with E-state index in [1.807, 2.05) is 12.1 Å². The number of benzene rings is 2. The molecule has 2 rings (SSSR count). The fourth-order valence-electron chi connectivity index (χ4n) is 2.13. The third-order valence-electron chi connectivity index (χ3n) is 3.54. The summed E-state index contributed by atoms with van der Waals surface area (Å²) in [5, 5.41) is 3.31. The number of nitrogens with zero attached hydrogens (tertiary/aromatic N) is 1. The van der Waals surface area contributed by atoms with Crippen LogP contribution in [0.25, 0.3) is 0 Å². The fourth-order valence-corrected chi connectivity index (χ4v) is 3.38. The van der Waals surface area contributed by atoms with Crippen molar-refractivity contribution in [3.05, 3.63) is 64.9 Å². The quantitative estimate of drug-likeness (QED) is 0.797. The Labute approximate surface area is 151 Å². The Hall–Kier alpha value is -1.96. The summed E-state index contributed by atoms with van der Waals surface area (Å²) in [5.74, 6) is -0.941. The lowest BCUT2D eigenvalue weighted by atomic mass is 10.1. The van der Waals surface area contributed by atoms with Crippen molar-refractivity contribution in [1.82, 2.24) is 9.62 Å². The van der Waals surface area contributed by atoms with Gasteiger partial charge >= 0.3 is 0 Å². The maximum absolute atomic E-state index is 12.9. The van der Waals surface area contributed by atoms with Crippen molar-refractivity contribution in [2.75, 3.05) is 20.1 Å². The first-order valence-corrected chi connectivity index (χ1v) is 9.34. The third kappa shape index (κ3) is 5.52. The average molecular weight is 385 g/mol. The van der Waals surface area contributed by atoms with Gasteiger partial charge in [0.05, 0.1) is 11.4 Å². The van der Waals surface area contributed by atoms with E-state index in [0.29, 0.717) is 18.0 Å². The zero-order valence-corrected chi connectivity index (χ0v) is 15.1. The molecule has 0 bridgehead atoms. The highest BCUT2D eigenvalue weighted by Gasteiger charge is 2.22. The van der Waals surface area contributed by atoms with E-state index in [-0.39, 0.29) is 11.4 Å². The van der Waals surface area contributed by atoms with Crippen molar-refractivity contribution in [3.63, 3.8) is 0 Å². The molecule has 8 heteroatoms. The van der Waals surface area contributed by atoms with E-state index in [1.54, 1.807) is 12.1 Å². The van der Waals surface area contributed by atoms with Crippen LogP contribution < -0.4 is 5.32 Å². The second kappa shape index (κ2) is 8.42. The number of nitrogens with one attached hydrogen (secondary N) is 1.